The lowest BCUT2D eigenvalue weighted by molar-refractivity contribution is -0.870. The van der Waals surface area contributed by atoms with Crippen LogP contribution in [0.4, 0.5) is 0 Å². The summed E-state index contributed by atoms with van der Waals surface area (Å²) in [6.07, 6.45) is 104. The fraction of sp³-hybridized carbons (Fsp3) is 0.684. The van der Waals surface area contributed by atoms with Gasteiger partial charge in [-0.3, -0.25) is 13.8 Å². The highest BCUT2D eigenvalue weighted by atomic mass is 31.2. The molecule has 0 saturated carbocycles. The highest BCUT2D eigenvalue weighted by Crippen LogP contribution is 2.43. The highest BCUT2D eigenvalue weighted by Gasteiger charge is 2.28. The van der Waals surface area contributed by atoms with Crippen molar-refractivity contribution in [3.8, 4) is 0 Å². The number of phosphoric acid groups is 1. The molecule has 3 atom stereocenters. The SMILES string of the molecule is CC/C=C\C/C=C\C/C=C\C/C=C\C/C=C\C/C=C\C/C=C\C/C=C\C/C=C\CCCCCCCCCCCCCC(=O)NC(COP(=O)(O)OCC[N+](C)(C)C)C(O)/C=C/CC/C=C/CC/C=C/CCCCCCCCCCCCCCCCCCC. The minimum absolute atomic E-state index is 0.0466. The Kier molecular flexibility index (Phi) is 65.0. The maximum Gasteiger partial charge on any atom is 0.472 e. The number of amides is 1. The Hall–Kier alpha value is -3.62. The van der Waals surface area contributed by atoms with E-state index < -0.39 is 20.0 Å². The van der Waals surface area contributed by atoms with E-state index in [-0.39, 0.29) is 19.1 Å². The quantitative estimate of drug-likeness (QED) is 0.0243. The van der Waals surface area contributed by atoms with Gasteiger partial charge in [-0.25, -0.2) is 4.57 Å². The summed E-state index contributed by atoms with van der Waals surface area (Å²) < 4.78 is 23.8. The summed E-state index contributed by atoms with van der Waals surface area (Å²) in [5.41, 5.74) is 0. The number of carbonyl (C=O) groups excluding carboxylic acids is 1. The molecule has 0 fully saturated rings. The molecule has 9 heteroatoms. The number of phosphoric ester groups is 1. The predicted octanol–water partition coefficient (Wildman–Crippen LogP) is 23.6. The number of aliphatic hydroxyl groups is 1. The van der Waals surface area contributed by atoms with Crippen molar-refractivity contribution in [1.82, 2.24) is 5.32 Å². The van der Waals surface area contributed by atoms with E-state index in [9.17, 15) is 19.4 Å². The zero-order valence-corrected chi connectivity index (χ0v) is 58.6. The van der Waals surface area contributed by atoms with E-state index >= 15 is 0 Å². The fourth-order valence-corrected chi connectivity index (χ4v) is 10.7. The van der Waals surface area contributed by atoms with Gasteiger partial charge in [0.1, 0.15) is 13.2 Å². The Balaban J connectivity index is 4.16. The number of hydrogen-bond acceptors (Lipinski definition) is 5. The van der Waals surface area contributed by atoms with Crippen molar-refractivity contribution >= 4 is 13.7 Å². The monoisotopic (exact) mass is 1240 g/mol. The van der Waals surface area contributed by atoms with Crippen molar-refractivity contribution in [3.63, 3.8) is 0 Å². The Morgan fingerprint density at radius 1 is 0.398 bits per heavy atom. The molecule has 0 heterocycles. The predicted molar refractivity (Wildman–Crippen MR) is 387 cm³/mol. The van der Waals surface area contributed by atoms with Gasteiger partial charge in [-0.2, -0.15) is 0 Å². The molecular weight excluding hydrogens is 1100 g/mol. The number of hydrogen-bond donors (Lipinski definition) is 3. The maximum atomic E-state index is 13.1. The molecule has 88 heavy (non-hydrogen) atoms. The van der Waals surface area contributed by atoms with Gasteiger partial charge < -0.3 is 19.8 Å². The van der Waals surface area contributed by atoms with Crippen LogP contribution in [-0.2, 0) is 18.4 Å². The number of rotatable bonds is 65. The van der Waals surface area contributed by atoms with Crippen molar-refractivity contribution in [2.45, 2.75) is 309 Å². The normalized spacial score (nSPS) is 14.5. The first kappa shape index (κ1) is 84.4. The molecule has 0 aliphatic rings. The van der Waals surface area contributed by atoms with Crippen LogP contribution in [0, 0.1) is 0 Å². The second kappa shape index (κ2) is 67.8. The van der Waals surface area contributed by atoms with Crippen LogP contribution >= 0.6 is 7.82 Å². The summed E-state index contributed by atoms with van der Waals surface area (Å²) in [4.78, 5) is 23.4. The molecule has 0 spiro atoms. The zero-order chi connectivity index (χ0) is 64.1. The number of aliphatic hydroxyl groups excluding tert-OH is 1. The van der Waals surface area contributed by atoms with E-state index in [4.69, 9.17) is 9.05 Å². The van der Waals surface area contributed by atoms with Gasteiger partial charge >= 0.3 is 7.82 Å². The Bertz CT molecular complexity index is 1950. The van der Waals surface area contributed by atoms with Gasteiger partial charge in [-0.05, 0) is 116 Å². The Morgan fingerprint density at radius 3 is 1.05 bits per heavy atom. The number of quaternary nitrogens is 1. The third-order valence-corrected chi connectivity index (χ3v) is 16.5. The van der Waals surface area contributed by atoms with E-state index in [1.54, 1.807) is 6.08 Å². The lowest BCUT2D eigenvalue weighted by atomic mass is 10.0. The molecule has 0 rings (SSSR count). The van der Waals surface area contributed by atoms with Crippen LogP contribution in [0.15, 0.2) is 146 Å². The van der Waals surface area contributed by atoms with E-state index in [1.807, 2.05) is 27.2 Å². The molecule has 0 aromatic heterocycles. The van der Waals surface area contributed by atoms with Gasteiger partial charge in [0.15, 0.2) is 0 Å². The number of carbonyl (C=O) groups is 1. The number of nitrogens with zero attached hydrogens (tertiary/aromatic N) is 1. The molecule has 1 amide bonds. The number of unbranched alkanes of at least 4 members (excludes halogenated alkanes) is 30. The average Bonchev–Trinajstić information content (AvgIpc) is 3.70. The smallest absolute Gasteiger partial charge is 0.387 e. The minimum atomic E-state index is -4.38. The first-order chi connectivity index (χ1) is 43.0. The third-order valence-electron chi connectivity index (χ3n) is 15.5. The van der Waals surface area contributed by atoms with Crippen LogP contribution in [0.3, 0.4) is 0 Å². The van der Waals surface area contributed by atoms with E-state index in [2.05, 4.69) is 153 Å². The summed E-state index contributed by atoms with van der Waals surface area (Å²) in [6.45, 7) is 4.68. The molecule has 0 bridgehead atoms. The van der Waals surface area contributed by atoms with Crippen molar-refractivity contribution in [1.29, 1.82) is 0 Å². The molecule has 3 N–H and O–H groups in total. The van der Waals surface area contributed by atoms with Crippen LogP contribution in [0.5, 0.6) is 0 Å². The molecule has 504 valence electrons. The summed E-state index contributed by atoms with van der Waals surface area (Å²) >= 11 is 0. The number of likely N-dealkylation sites (N-methyl/N-ethyl adjacent to an activating group) is 1. The summed E-state index contributed by atoms with van der Waals surface area (Å²) in [5.74, 6) is -0.198. The zero-order valence-electron chi connectivity index (χ0n) is 57.7. The van der Waals surface area contributed by atoms with Crippen LogP contribution in [-0.4, -0.2) is 73.4 Å². The Morgan fingerprint density at radius 2 is 0.693 bits per heavy atom. The largest absolute Gasteiger partial charge is 0.472 e. The molecule has 0 saturated heterocycles. The molecule has 8 nitrogen and oxygen atoms in total. The topological polar surface area (TPSA) is 105 Å². The second-order valence-corrected chi connectivity index (χ2v) is 26.7. The van der Waals surface area contributed by atoms with Gasteiger partial charge in [0.2, 0.25) is 5.91 Å². The van der Waals surface area contributed by atoms with Crippen molar-refractivity contribution in [2.75, 3.05) is 40.9 Å². The average molecular weight is 1240 g/mol. The lowest BCUT2D eigenvalue weighted by Crippen LogP contribution is -2.45. The van der Waals surface area contributed by atoms with Gasteiger partial charge in [-0.15, -0.1) is 0 Å². The van der Waals surface area contributed by atoms with E-state index in [0.29, 0.717) is 17.4 Å². The standard InChI is InChI=1S/C79H137N2O6P/c1-6-8-10-12-14-16-18-20-22-24-26-28-30-32-34-35-36-37-38-39-40-41-42-43-44-45-47-49-51-53-55-57-59-61-63-65-67-69-71-73-79(83)80-77(76-87-88(84,85)86-75-74-81(3,4)5)78(82)72-70-68-66-64-62-60-58-56-54-52-50-48-46-33-31-29-27-25-23-21-19-17-15-13-11-9-7-2/h8,10,14,16,20,22,26,28,32,34,36-37,39-40,42-43,45,47,54,56,62,64,70,72,77-78,82H,6-7,9,11-13,15,17-19,21,23-25,27,29-31,33,35,38,41,44,46,48-53,55,57-61,63,65-69,71,73-76H2,1-5H3,(H-,80,83,84,85)/p+1/b10-8-,16-14-,22-20-,28-26-,34-32-,37-36-,40-39-,43-42-,47-45-,56-54+,64-62+,72-70+. The molecule has 0 aliphatic carbocycles. The lowest BCUT2D eigenvalue weighted by Gasteiger charge is -2.25. The Labute approximate surface area is 544 Å². The maximum absolute atomic E-state index is 13.1. The third kappa shape index (κ3) is 69.8. The number of allylic oxidation sites excluding steroid dienone is 23. The molecule has 0 aromatic carbocycles. The first-order valence-corrected chi connectivity index (χ1v) is 37.7. The van der Waals surface area contributed by atoms with Gasteiger partial charge in [0.25, 0.3) is 0 Å². The molecule has 3 unspecified atom stereocenters. The van der Waals surface area contributed by atoms with Gasteiger partial charge in [0.05, 0.1) is 39.9 Å². The number of nitrogens with one attached hydrogen (secondary N) is 1. The fourth-order valence-electron chi connectivity index (χ4n) is 9.95. The molecular formula is C79H138N2O6P+. The molecule has 0 aliphatic heterocycles. The molecule has 0 aromatic rings. The van der Waals surface area contributed by atoms with E-state index in [1.165, 1.54) is 167 Å². The second-order valence-electron chi connectivity index (χ2n) is 25.2. The minimum Gasteiger partial charge on any atom is -0.387 e. The van der Waals surface area contributed by atoms with Crippen LogP contribution in [0.25, 0.3) is 0 Å². The van der Waals surface area contributed by atoms with Gasteiger partial charge in [-0.1, -0.05) is 320 Å². The highest BCUT2D eigenvalue weighted by molar-refractivity contribution is 7.47. The van der Waals surface area contributed by atoms with Crippen molar-refractivity contribution < 1.29 is 32.9 Å². The van der Waals surface area contributed by atoms with Crippen LogP contribution < -0.4 is 5.32 Å². The summed E-state index contributed by atoms with van der Waals surface area (Å²) in [5, 5.41) is 14.0. The van der Waals surface area contributed by atoms with E-state index in [0.717, 1.165) is 109 Å². The van der Waals surface area contributed by atoms with Crippen molar-refractivity contribution in [2.24, 2.45) is 0 Å². The van der Waals surface area contributed by atoms with Crippen LogP contribution in [0.1, 0.15) is 296 Å². The van der Waals surface area contributed by atoms with Crippen molar-refractivity contribution in [3.05, 3.63) is 146 Å². The summed E-state index contributed by atoms with van der Waals surface area (Å²) in [7, 11) is 1.53. The van der Waals surface area contributed by atoms with Crippen LogP contribution in [0.2, 0.25) is 0 Å². The molecule has 0 radical (unpaired) electrons. The first-order valence-electron chi connectivity index (χ1n) is 36.2. The summed E-state index contributed by atoms with van der Waals surface area (Å²) in [6, 6.07) is -0.883. The van der Waals surface area contributed by atoms with Gasteiger partial charge in [0, 0.05) is 6.42 Å².